The highest BCUT2D eigenvalue weighted by molar-refractivity contribution is 5.94. The molecule has 0 amide bonds. The van der Waals surface area contributed by atoms with Gasteiger partial charge in [0.1, 0.15) is 0 Å². The third-order valence-corrected chi connectivity index (χ3v) is 3.25. The second kappa shape index (κ2) is 4.77. The molecular weight excluding hydrogens is 224 g/mol. The Balaban J connectivity index is 2.31. The van der Waals surface area contributed by atoms with E-state index in [9.17, 15) is 4.79 Å². The number of aromatic nitrogens is 2. The van der Waals surface area contributed by atoms with Crippen molar-refractivity contribution in [2.24, 2.45) is 7.05 Å². The zero-order chi connectivity index (χ0) is 13.3. The summed E-state index contributed by atoms with van der Waals surface area (Å²) in [6.45, 7) is 6.19. The SMILES string of the molecule is Cc1cc(C)c(CC(=O)c2nccn2C)c(C)c1. The van der Waals surface area contributed by atoms with Crippen molar-refractivity contribution in [3.05, 3.63) is 52.6 Å². The van der Waals surface area contributed by atoms with Crippen LogP contribution >= 0.6 is 0 Å². The molecule has 3 nitrogen and oxygen atoms in total. The van der Waals surface area contributed by atoms with E-state index in [2.05, 4.69) is 37.9 Å². The molecule has 0 aliphatic rings. The highest BCUT2D eigenvalue weighted by Gasteiger charge is 2.14. The predicted octanol–water partition coefficient (Wildman–Crippen LogP) is 2.77. The first-order valence-electron chi connectivity index (χ1n) is 6.06. The van der Waals surface area contributed by atoms with Gasteiger partial charge in [0.15, 0.2) is 5.82 Å². The van der Waals surface area contributed by atoms with Gasteiger partial charge < -0.3 is 4.57 Å². The summed E-state index contributed by atoms with van der Waals surface area (Å²) in [7, 11) is 1.84. The van der Waals surface area contributed by atoms with E-state index in [1.54, 1.807) is 17.0 Å². The van der Waals surface area contributed by atoms with E-state index in [0.29, 0.717) is 12.2 Å². The fraction of sp³-hybridized carbons (Fsp3) is 0.333. The van der Waals surface area contributed by atoms with Gasteiger partial charge in [-0.05, 0) is 37.5 Å². The zero-order valence-electron chi connectivity index (χ0n) is 11.3. The summed E-state index contributed by atoms with van der Waals surface area (Å²) in [5.74, 6) is 0.590. The largest absolute Gasteiger partial charge is 0.332 e. The number of Topliss-reactive ketones (excluding diaryl/α,β-unsaturated/α-hetero) is 1. The molecule has 2 aromatic rings. The van der Waals surface area contributed by atoms with E-state index >= 15 is 0 Å². The number of hydrogen-bond acceptors (Lipinski definition) is 2. The van der Waals surface area contributed by atoms with Gasteiger partial charge in [0.05, 0.1) is 0 Å². The van der Waals surface area contributed by atoms with Crippen LogP contribution in [0.3, 0.4) is 0 Å². The van der Waals surface area contributed by atoms with Gasteiger partial charge in [0, 0.05) is 25.9 Å². The Morgan fingerprint density at radius 3 is 2.33 bits per heavy atom. The van der Waals surface area contributed by atoms with Crippen molar-refractivity contribution in [2.45, 2.75) is 27.2 Å². The lowest BCUT2D eigenvalue weighted by atomic mass is 9.95. The van der Waals surface area contributed by atoms with Gasteiger partial charge in [-0.3, -0.25) is 4.79 Å². The van der Waals surface area contributed by atoms with E-state index in [-0.39, 0.29) is 5.78 Å². The quantitative estimate of drug-likeness (QED) is 0.776. The number of carbonyl (C=O) groups excluding carboxylic acids is 1. The Hall–Kier alpha value is -1.90. The number of ketones is 1. The van der Waals surface area contributed by atoms with Crippen molar-refractivity contribution in [2.75, 3.05) is 0 Å². The number of hydrogen-bond donors (Lipinski definition) is 0. The minimum Gasteiger partial charge on any atom is -0.332 e. The smallest absolute Gasteiger partial charge is 0.202 e. The molecule has 0 fully saturated rings. The average molecular weight is 242 g/mol. The molecule has 0 unspecified atom stereocenters. The minimum atomic E-state index is 0.0672. The summed E-state index contributed by atoms with van der Waals surface area (Å²) in [6.07, 6.45) is 3.87. The summed E-state index contributed by atoms with van der Waals surface area (Å²) in [5.41, 5.74) is 4.71. The van der Waals surface area contributed by atoms with Crippen LogP contribution in [0.5, 0.6) is 0 Å². The fourth-order valence-corrected chi connectivity index (χ4v) is 2.36. The summed E-state index contributed by atoms with van der Waals surface area (Å²) >= 11 is 0. The van der Waals surface area contributed by atoms with Gasteiger partial charge in [-0.1, -0.05) is 17.7 Å². The molecule has 1 aromatic heterocycles. The lowest BCUT2D eigenvalue weighted by Gasteiger charge is -2.10. The maximum atomic E-state index is 12.2. The molecule has 18 heavy (non-hydrogen) atoms. The summed E-state index contributed by atoms with van der Waals surface area (Å²) < 4.78 is 1.77. The minimum absolute atomic E-state index is 0.0672. The van der Waals surface area contributed by atoms with Crippen LogP contribution < -0.4 is 0 Å². The van der Waals surface area contributed by atoms with Crippen LogP contribution in [0.15, 0.2) is 24.5 Å². The average Bonchev–Trinajstić information content (AvgIpc) is 2.69. The third-order valence-electron chi connectivity index (χ3n) is 3.25. The highest BCUT2D eigenvalue weighted by Crippen LogP contribution is 2.18. The lowest BCUT2D eigenvalue weighted by Crippen LogP contribution is -2.12. The number of carbonyl (C=O) groups is 1. The van der Waals surface area contributed by atoms with Crippen molar-refractivity contribution in [3.8, 4) is 0 Å². The van der Waals surface area contributed by atoms with Gasteiger partial charge in [-0.15, -0.1) is 0 Å². The van der Waals surface area contributed by atoms with Crippen LogP contribution in [0.1, 0.15) is 32.9 Å². The Morgan fingerprint density at radius 1 is 1.22 bits per heavy atom. The third kappa shape index (κ3) is 2.35. The van der Waals surface area contributed by atoms with Gasteiger partial charge in [-0.2, -0.15) is 0 Å². The molecule has 1 aromatic carbocycles. The monoisotopic (exact) mass is 242 g/mol. The van der Waals surface area contributed by atoms with Crippen molar-refractivity contribution >= 4 is 5.78 Å². The molecule has 2 rings (SSSR count). The van der Waals surface area contributed by atoms with Crippen LogP contribution in [-0.2, 0) is 13.5 Å². The van der Waals surface area contributed by atoms with Crippen molar-refractivity contribution < 1.29 is 4.79 Å². The summed E-state index contributed by atoms with van der Waals surface area (Å²) in [6, 6.07) is 4.24. The topological polar surface area (TPSA) is 34.9 Å². The molecule has 0 aliphatic carbocycles. The maximum Gasteiger partial charge on any atom is 0.202 e. The highest BCUT2D eigenvalue weighted by atomic mass is 16.1. The molecule has 0 atom stereocenters. The molecule has 1 heterocycles. The van der Waals surface area contributed by atoms with Crippen molar-refractivity contribution in [1.82, 2.24) is 9.55 Å². The van der Waals surface area contributed by atoms with Crippen LogP contribution in [0.25, 0.3) is 0 Å². The van der Waals surface area contributed by atoms with E-state index < -0.39 is 0 Å². The molecule has 0 bridgehead atoms. The predicted molar refractivity (Wildman–Crippen MR) is 71.9 cm³/mol. The van der Waals surface area contributed by atoms with Gasteiger partial charge >= 0.3 is 0 Å². The normalized spacial score (nSPS) is 10.7. The fourth-order valence-electron chi connectivity index (χ4n) is 2.36. The molecule has 0 saturated carbocycles. The molecule has 3 heteroatoms. The van der Waals surface area contributed by atoms with Crippen molar-refractivity contribution in [1.29, 1.82) is 0 Å². The lowest BCUT2D eigenvalue weighted by molar-refractivity contribution is 0.0979. The number of nitrogens with zero attached hydrogens (tertiary/aromatic N) is 2. The van der Waals surface area contributed by atoms with Gasteiger partial charge in [0.2, 0.25) is 5.78 Å². The van der Waals surface area contributed by atoms with E-state index in [0.717, 1.165) is 5.56 Å². The standard InChI is InChI=1S/C15H18N2O/c1-10-7-11(2)13(12(3)8-10)9-14(18)15-16-5-6-17(15)4/h5-8H,9H2,1-4H3. The van der Waals surface area contributed by atoms with Crippen LogP contribution in [-0.4, -0.2) is 15.3 Å². The second-order valence-electron chi connectivity index (χ2n) is 4.84. The molecule has 94 valence electrons. The summed E-state index contributed by atoms with van der Waals surface area (Å²) in [5, 5.41) is 0. The number of imidazole rings is 1. The van der Waals surface area contributed by atoms with E-state index in [1.807, 2.05) is 7.05 Å². The van der Waals surface area contributed by atoms with Crippen LogP contribution in [0.2, 0.25) is 0 Å². The van der Waals surface area contributed by atoms with Crippen LogP contribution in [0, 0.1) is 20.8 Å². The molecule has 0 N–H and O–H groups in total. The first kappa shape index (κ1) is 12.6. The van der Waals surface area contributed by atoms with Gasteiger partial charge in [0.25, 0.3) is 0 Å². The van der Waals surface area contributed by atoms with Gasteiger partial charge in [-0.25, -0.2) is 4.98 Å². The molecule has 0 aliphatic heterocycles. The Labute approximate surface area is 107 Å². The Kier molecular flexibility index (Phi) is 3.32. The second-order valence-corrected chi connectivity index (χ2v) is 4.84. The van der Waals surface area contributed by atoms with Crippen LogP contribution in [0.4, 0.5) is 0 Å². The number of aryl methyl sites for hydroxylation is 4. The first-order chi connectivity index (χ1) is 8.49. The van der Waals surface area contributed by atoms with Crippen molar-refractivity contribution in [3.63, 3.8) is 0 Å². The summed E-state index contributed by atoms with van der Waals surface area (Å²) in [4.78, 5) is 16.3. The molecular formula is C15H18N2O. The maximum absolute atomic E-state index is 12.2. The molecule has 0 radical (unpaired) electrons. The number of rotatable bonds is 3. The van der Waals surface area contributed by atoms with E-state index in [4.69, 9.17) is 0 Å². The first-order valence-corrected chi connectivity index (χ1v) is 6.06. The van der Waals surface area contributed by atoms with E-state index in [1.165, 1.54) is 16.7 Å². The Bertz CT molecular complexity index is 573. The molecule has 0 spiro atoms. The zero-order valence-corrected chi connectivity index (χ0v) is 11.3. The Morgan fingerprint density at radius 2 is 1.83 bits per heavy atom. The number of benzene rings is 1. The molecule has 0 saturated heterocycles.